The van der Waals surface area contributed by atoms with Crippen molar-refractivity contribution in [3.8, 4) is 5.75 Å². The number of rotatable bonds is 4. The molecule has 2 N–H and O–H groups in total. The molecule has 104 valence electrons. The highest BCUT2D eigenvalue weighted by atomic mass is 19.1. The first-order chi connectivity index (χ1) is 8.93. The maximum Gasteiger partial charge on any atom is 0.321 e. The highest BCUT2D eigenvalue weighted by Gasteiger charge is 2.18. The van der Waals surface area contributed by atoms with Crippen LogP contribution in [-0.4, -0.2) is 24.6 Å². The predicted molar refractivity (Wildman–Crippen MR) is 68.4 cm³/mol. The molecule has 1 rings (SSSR count). The maximum atomic E-state index is 13.4. The van der Waals surface area contributed by atoms with E-state index in [4.69, 9.17) is 4.74 Å². The van der Waals surface area contributed by atoms with Crippen LogP contribution >= 0.6 is 0 Å². The summed E-state index contributed by atoms with van der Waals surface area (Å²) in [6.07, 6.45) is -0.973. The van der Waals surface area contributed by atoms with E-state index in [9.17, 15) is 14.0 Å². The molecule has 0 spiro atoms. The Balaban J connectivity index is 2.63. The molecule has 5 nitrogen and oxygen atoms in total. The van der Waals surface area contributed by atoms with Crippen LogP contribution in [0.1, 0.15) is 19.4 Å². The van der Waals surface area contributed by atoms with Gasteiger partial charge in [0.05, 0.1) is 0 Å². The van der Waals surface area contributed by atoms with Crippen molar-refractivity contribution < 1.29 is 18.7 Å². The molecule has 3 amide bonds. The molecule has 0 fully saturated rings. The van der Waals surface area contributed by atoms with E-state index in [0.29, 0.717) is 6.54 Å². The first-order valence-electron chi connectivity index (χ1n) is 5.95. The number of halogens is 1. The minimum atomic E-state index is -0.973. The molecular formula is C13H17FN2O3. The van der Waals surface area contributed by atoms with Gasteiger partial charge in [0.25, 0.3) is 5.91 Å². The molecule has 6 heteroatoms. The lowest BCUT2D eigenvalue weighted by atomic mass is 10.2. The van der Waals surface area contributed by atoms with Gasteiger partial charge in [-0.15, -0.1) is 0 Å². The van der Waals surface area contributed by atoms with Crippen LogP contribution in [-0.2, 0) is 4.79 Å². The molecular weight excluding hydrogens is 251 g/mol. The van der Waals surface area contributed by atoms with Crippen molar-refractivity contribution in [1.82, 2.24) is 10.6 Å². The van der Waals surface area contributed by atoms with Crippen LogP contribution in [0.25, 0.3) is 0 Å². The lowest BCUT2D eigenvalue weighted by Gasteiger charge is -2.15. The number of imide groups is 1. The van der Waals surface area contributed by atoms with Crippen molar-refractivity contribution in [3.63, 3.8) is 0 Å². The van der Waals surface area contributed by atoms with Crippen LogP contribution in [0.15, 0.2) is 18.2 Å². The zero-order valence-electron chi connectivity index (χ0n) is 11.1. The molecule has 0 aromatic heterocycles. The van der Waals surface area contributed by atoms with Gasteiger partial charge in [0.15, 0.2) is 17.7 Å². The molecule has 0 saturated carbocycles. The Morgan fingerprint density at radius 1 is 1.42 bits per heavy atom. The number of hydrogen-bond acceptors (Lipinski definition) is 3. The number of carbonyl (C=O) groups excluding carboxylic acids is 2. The fourth-order valence-electron chi connectivity index (χ4n) is 1.36. The minimum absolute atomic E-state index is 0.0152. The second-order valence-corrected chi connectivity index (χ2v) is 4.04. The van der Waals surface area contributed by atoms with Gasteiger partial charge in [-0.3, -0.25) is 10.1 Å². The van der Waals surface area contributed by atoms with Gasteiger partial charge in [0.1, 0.15) is 0 Å². The van der Waals surface area contributed by atoms with E-state index in [1.165, 1.54) is 19.1 Å². The second kappa shape index (κ2) is 6.72. The number of urea groups is 1. The molecule has 1 atom stereocenters. The van der Waals surface area contributed by atoms with E-state index in [-0.39, 0.29) is 5.75 Å². The fourth-order valence-corrected chi connectivity index (χ4v) is 1.36. The van der Waals surface area contributed by atoms with Crippen LogP contribution in [0.5, 0.6) is 5.75 Å². The van der Waals surface area contributed by atoms with Crippen molar-refractivity contribution in [1.29, 1.82) is 0 Å². The molecule has 19 heavy (non-hydrogen) atoms. The number of hydrogen-bond donors (Lipinski definition) is 2. The molecule has 0 aliphatic rings. The van der Waals surface area contributed by atoms with Crippen molar-refractivity contribution in [3.05, 3.63) is 29.6 Å². The Morgan fingerprint density at radius 2 is 2.11 bits per heavy atom. The monoisotopic (exact) mass is 268 g/mol. The fraction of sp³-hybridized carbons (Fsp3) is 0.385. The smallest absolute Gasteiger partial charge is 0.321 e. The van der Waals surface area contributed by atoms with E-state index in [1.807, 2.05) is 0 Å². The molecule has 0 saturated heterocycles. The highest BCUT2D eigenvalue weighted by Crippen LogP contribution is 2.19. The normalized spacial score (nSPS) is 11.6. The van der Waals surface area contributed by atoms with E-state index >= 15 is 0 Å². The molecule has 0 bridgehead atoms. The first kappa shape index (κ1) is 14.9. The molecule has 1 aromatic carbocycles. The molecule has 1 aromatic rings. The predicted octanol–water partition coefficient (Wildman–Crippen LogP) is 1.75. The van der Waals surface area contributed by atoms with E-state index in [1.54, 1.807) is 19.9 Å². The largest absolute Gasteiger partial charge is 0.478 e. The lowest BCUT2D eigenvalue weighted by molar-refractivity contribution is -0.126. The minimum Gasteiger partial charge on any atom is -0.478 e. The number of ether oxygens (including phenoxy) is 1. The van der Waals surface area contributed by atoms with Crippen LogP contribution in [0.4, 0.5) is 9.18 Å². The third kappa shape index (κ3) is 4.57. The van der Waals surface area contributed by atoms with Crippen molar-refractivity contribution >= 4 is 11.9 Å². The molecule has 0 heterocycles. The van der Waals surface area contributed by atoms with Gasteiger partial charge in [-0.1, -0.05) is 6.07 Å². The summed E-state index contributed by atoms with van der Waals surface area (Å²) in [5, 5.41) is 4.51. The molecule has 1 unspecified atom stereocenters. The standard InChI is InChI=1S/C13H17FN2O3/c1-4-15-13(18)16-12(17)9(3)19-11-7-8(2)5-6-10(11)14/h5-7,9H,4H2,1-3H3,(H2,15,16,17,18). The summed E-state index contributed by atoms with van der Waals surface area (Å²) >= 11 is 0. The summed E-state index contributed by atoms with van der Waals surface area (Å²) in [6.45, 7) is 5.36. The molecule has 0 aliphatic carbocycles. The van der Waals surface area contributed by atoms with Gasteiger partial charge in [0.2, 0.25) is 0 Å². The second-order valence-electron chi connectivity index (χ2n) is 4.04. The number of nitrogens with one attached hydrogen (secondary N) is 2. The summed E-state index contributed by atoms with van der Waals surface area (Å²) in [7, 11) is 0. The van der Waals surface area contributed by atoms with Crippen LogP contribution in [0.2, 0.25) is 0 Å². The summed E-state index contributed by atoms with van der Waals surface area (Å²) in [4.78, 5) is 22.8. The van der Waals surface area contributed by atoms with Gasteiger partial charge < -0.3 is 10.1 Å². The van der Waals surface area contributed by atoms with E-state index in [0.717, 1.165) is 5.56 Å². The highest BCUT2D eigenvalue weighted by molar-refractivity contribution is 5.96. The average Bonchev–Trinajstić information content (AvgIpc) is 2.34. The van der Waals surface area contributed by atoms with Gasteiger partial charge in [0, 0.05) is 6.54 Å². The van der Waals surface area contributed by atoms with Gasteiger partial charge in [-0.25, -0.2) is 9.18 Å². The number of amides is 3. The lowest BCUT2D eigenvalue weighted by Crippen LogP contribution is -2.45. The van der Waals surface area contributed by atoms with Gasteiger partial charge >= 0.3 is 6.03 Å². The number of carbonyl (C=O) groups is 2. The first-order valence-corrected chi connectivity index (χ1v) is 5.95. The SMILES string of the molecule is CCNC(=O)NC(=O)C(C)Oc1cc(C)ccc1F. The summed E-state index contributed by atoms with van der Waals surface area (Å²) in [6, 6.07) is 3.75. The van der Waals surface area contributed by atoms with Crippen molar-refractivity contribution in [2.45, 2.75) is 26.9 Å². The van der Waals surface area contributed by atoms with Crippen molar-refractivity contribution in [2.75, 3.05) is 6.54 Å². The Hall–Kier alpha value is -2.11. The van der Waals surface area contributed by atoms with Crippen molar-refractivity contribution in [2.24, 2.45) is 0 Å². The number of benzene rings is 1. The zero-order chi connectivity index (χ0) is 14.4. The maximum absolute atomic E-state index is 13.4. The average molecular weight is 268 g/mol. The Labute approximate surface area is 111 Å². The number of aryl methyl sites for hydroxylation is 1. The quantitative estimate of drug-likeness (QED) is 0.874. The van der Waals surface area contributed by atoms with E-state index in [2.05, 4.69) is 10.6 Å². The Morgan fingerprint density at radius 3 is 2.74 bits per heavy atom. The topological polar surface area (TPSA) is 67.4 Å². The Kier molecular flexibility index (Phi) is 5.29. The summed E-state index contributed by atoms with van der Waals surface area (Å²) < 4.78 is 18.6. The summed E-state index contributed by atoms with van der Waals surface area (Å²) in [5.41, 5.74) is 0.813. The van der Waals surface area contributed by atoms with Crippen LogP contribution in [0.3, 0.4) is 0 Å². The Bertz CT molecular complexity index is 477. The van der Waals surface area contributed by atoms with Crippen LogP contribution < -0.4 is 15.4 Å². The molecule has 0 aliphatic heterocycles. The summed E-state index contributed by atoms with van der Waals surface area (Å²) in [5.74, 6) is -1.20. The zero-order valence-corrected chi connectivity index (χ0v) is 11.1. The van der Waals surface area contributed by atoms with Gasteiger partial charge in [-0.2, -0.15) is 0 Å². The van der Waals surface area contributed by atoms with E-state index < -0.39 is 23.9 Å². The third-order valence-electron chi connectivity index (χ3n) is 2.33. The molecule has 0 radical (unpaired) electrons. The third-order valence-corrected chi connectivity index (χ3v) is 2.33. The van der Waals surface area contributed by atoms with Gasteiger partial charge in [-0.05, 0) is 38.5 Å². The van der Waals surface area contributed by atoms with Crippen LogP contribution in [0, 0.1) is 12.7 Å².